The molecule has 2 rings (SSSR count). The Morgan fingerprint density at radius 2 is 1.70 bits per heavy atom. The van der Waals surface area contributed by atoms with Crippen molar-refractivity contribution in [2.24, 2.45) is 0 Å². The molecule has 0 aliphatic rings. The Hall–Kier alpha value is -1.48. The van der Waals surface area contributed by atoms with Gasteiger partial charge in [0.15, 0.2) is 0 Å². The first kappa shape index (κ1) is 14.9. The second-order valence-corrected chi connectivity index (χ2v) is 5.95. The third kappa shape index (κ3) is 3.34. The molecule has 0 aliphatic carbocycles. The van der Waals surface area contributed by atoms with Crippen LogP contribution < -0.4 is 10.1 Å². The van der Waals surface area contributed by atoms with E-state index in [-0.39, 0.29) is 6.04 Å². The van der Waals surface area contributed by atoms with E-state index < -0.39 is 0 Å². The van der Waals surface area contributed by atoms with E-state index in [0.717, 1.165) is 15.9 Å². The summed E-state index contributed by atoms with van der Waals surface area (Å²) in [5, 5.41) is 3.53. The summed E-state index contributed by atoms with van der Waals surface area (Å²) in [6.07, 6.45) is 0. The third-order valence-corrected chi connectivity index (χ3v) is 4.00. The van der Waals surface area contributed by atoms with E-state index >= 15 is 0 Å². The summed E-state index contributed by atoms with van der Waals surface area (Å²) in [5.74, 6) is 0.916. The summed E-state index contributed by atoms with van der Waals surface area (Å²) in [5.41, 5.74) is 4.73. The van der Waals surface area contributed by atoms with E-state index in [1.165, 1.54) is 16.7 Å². The number of ether oxygens (including phenoxy) is 1. The number of aryl methyl sites for hydroxylation is 2. The molecule has 2 nitrogen and oxygen atoms in total. The van der Waals surface area contributed by atoms with E-state index in [2.05, 4.69) is 72.3 Å². The molecule has 0 fully saturated rings. The molecule has 1 atom stereocenters. The number of nitrogens with one attached hydrogen (secondary N) is 1. The summed E-state index contributed by atoms with van der Waals surface area (Å²) in [6.45, 7) is 6.32. The summed E-state index contributed by atoms with van der Waals surface area (Å²) >= 11 is 3.60. The van der Waals surface area contributed by atoms with Crippen molar-refractivity contribution in [1.82, 2.24) is 0 Å². The van der Waals surface area contributed by atoms with Crippen LogP contribution >= 0.6 is 15.9 Å². The first-order chi connectivity index (χ1) is 9.51. The Bertz CT molecular complexity index is 610. The summed E-state index contributed by atoms with van der Waals surface area (Å²) in [6, 6.07) is 12.7. The van der Waals surface area contributed by atoms with Gasteiger partial charge in [-0.25, -0.2) is 0 Å². The standard InChI is InChI=1S/C17H20BrNO/c1-11-6-8-17(20-4)14(9-11)13(3)19-16-7-5-12(2)10-15(16)18/h5-10,13,19H,1-4H3. The smallest absolute Gasteiger partial charge is 0.124 e. The minimum absolute atomic E-state index is 0.170. The van der Waals surface area contributed by atoms with Crippen LogP contribution in [0.4, 0.5) is 5.69 Å². The molecule has 106 valence electrons. The SMILES string of the molecule is COc1ccc(C)cc1C(C)Nc1ccc(C)cc1Br. The number of methoxy groups -OCH3 is 1. The Labute approximate surface area is 129 Å². The average Bonchev–Trinajstić information content (AvgIpc) is 2.41. The zero-order valence-corrected chi connectivity index (χ0v) is 13.9. The maximum atomic E-state index is 5.46. The molecule has 0 heterocycles. The molecule has 2 aromatic rings. The molecule has 0 saturated carbocycles. The molecular formula is C17H20BrNO. The van der Waals surface area contributed by atoms with Crippen LogP contribution in [0.3, 0.4) is 0 Å². The molecule has 1 unspecified atom stereocenters. The summed E-state index contributed by atoms with van der Waals surface area (Å²) in [4.78, 5) is 0. The largest absolute Gasteiger partial charge is 0.496 e. The Morgan fingerprint density at radius 1 is 1.05 bits per heavy atom. The summed E-state index contributed by atoms with van der Waals surface area (Å²) < 4.78 is 6.54. The monoisotopic (exact) mass is 333 g/mol. The fraction of sp³-hybridized carbons (Fsp3) is 0.294. The highest BCUT2D eigenvalue weighted by atomic mass is 79.9. The first-order valence-corrected chi connectivity index (χ1v) is 7.48. The van der Waals surface area contributed by atoms with E-state index in [4.69, 9.17) is 4.74 Å². The number of hydrogen-bond donors (Lipinski definition) is 1. The van der Waals surface area contributed by atoms with Crippen molar-refractivity contribution in [3.05, 3.63) is 57.6 Å². The van der Waals surface area contributed by atoms with E-state index in [1.54, 1.807) is 7.11 Å². The predicted molar refractivity (Wildman–Crippen MR) is 88.6 cm³/mol. The lowest BCUT2D eigenvalue weighted by atomic mass is 10.0. The van der Waals surface area contributed by atoms with Gasteiger partial charge in [0.1, 0.15) is 5.75 Å². The predicted octanol–water partition coefficient (Wildman–Crippen LogP) is 5.25. The third-order valence-electron chi connectivity index (χ3n) is 3.35. The molecule has 0 aliphatic heterocycles. The number of hydrogen-bond acceptors (Lipinski definition) is 2. The van der Waals surface area contributed by atoms with Crippen LogP contribution in [-0.2, 0) is 0 Å². The number of rotatable bonds is 4. The van der Waals surface area contributed by atoms with Crippen molar-refractivity contribution in [3.63, 3.8) is 0 Å². The lowest BCUT2D eigenvalue weighted by molar-refractivity contribution is 0.408. The molecule has 0 amide bonds. The van der Waals surface area contributed by atoms with Crippen molar-refractivity contribution in [1.29, 1.82) is 0 Å². The molecule has 0 radical (unpaired) electrons. The van der Waals surface area contributed by atoms with Gasteiger partial charge in [-0.15, -0.1) is 0 Å². The van der Waals surface area contributed by atoms with Crippen molar-refractivity contribution >= 4 is 21.6 Å². The second kappa shape index (κ2) is 6.31. The molecule has 20 heavy (non-hydrogen) atoms. The van der Waals surface area contributed by atoms with Crippen LogP contribution in [0.1, 0.15) is 29.7 Å². The first-order valence-electron chi connectivity index (χ1n) is 6.68. The Balaban J connectivity index is 2.27. The Kier molecular flexibility index (Phi) is 4.71. The van der Waals surface area contributed by atoms with Crippen LogP contribution in [0, 0.1) is 13.8 Å². The van der Waals surface area contributed by atoms with E-state index in [0.29, 0.717) is 0 Å². The lowest BCUT2D eigenvalue weighted by Gasteiger charge is -2.20. The van der Waals surface area contributed by atoms with Gasteiger partial charge < -0.3 is 10.1 Å². The van der Waals surface area contributed by atoms with Gasteiger partial charge in [0, 0.05) is 15.7 Å². The fourth-order valence-corrected chi connectivity index (χ4v) is 2.85. The zero-order valence-electron chi connectivity index (χ0n) is 12.3. The normalized spacial score (nSPS) is 12.1. The van der Waals surface area contributed by atoms with Crippen molar-refractivity contribution in [3.8, 4) is 5.75 Å². The van der Waals surface area contributed by atoms with Gasteiger partial charge in [-0.05, 0) is 60.5 Å². The van der Waals surface area contributed by atoms with Crippen LogP contribution in [0.25, 0.3) is 0 Å². The van der Waals surface area contributed by atoms with Crippen LogP contribution in [0.5, 0.6) is 5.75 Å². The number of anilines is 1. The van der Waals surface area contributed by atoms with Gasteiger partial charge in [0.05, 0.1) is 13.2 Å². The van der Waals surface area contributed by atoms with Crippen LogP contribution in [0.2, 0.25) is 0 Å². The summed E-state index contributed by atoms with van der Waals surface area (Å²) in [7, 11) is 1.71. The molecular weight excluding hydrogens is 314 g/mol. The highest BCUT2D eigenvalue weighted by Gasteiger charge is 2.12. The van der Waals surface area contributed by atoms with E-state index in [1.807, 2.05) is 6.07 Å². The molecule has 0 spiro atoms. The van der Waals surface area contributed by atoms with Gasteiger partial charge in [-0.3, -0.25) is 0 Å². The molecule has 0 saturated heterocycles. The highest BCUT2D eigenvalue weighted by Crippen LogP contribution is 2.31. The van der Waals surface area contributed by atoms with Gasteiger partial charge in [-0.2, -0.15) is 0 Å². The van der Waals surface area contributed by atoms with Crippen LogP contribution in [-0.4, -0.2) is 7.11 Å². The van der Waals surface area contributed by atoms with Gasteiger partial charge >= 0.3 is 0 Å². The topological polar surface area (TPSA) is 21.3 Å². The molecule has 2 aromatic carbocycles. The molecule has 1 N–H and O–H groups in total. The number of benzene rings is 2. The maximum Gasteiger partial charge on any atom is 0.124 e. The number of halogens is 1. The minimum Gasteiger partial charge on any atom is -0.496 e. The molecule has 3 heteroatoms. The zero-order chi connectivity index (χ0) is 14.7. The van der Waals surface area contributed by atoms with Gasteiger partial charge in [0.2, 0.25) is 0 Å². The minimum atomic E-state index is 0.170. The Morgan fingerprint density at radius 3 is 2.35 bits per heavy atom. The fourth-order valence-electron chi connectivity index (χ4n) is 2.24. The molecule has 0 bridgehead atoms. The van der Waals surface area contributed by atoms with Crippen LogP contribution in [0.15, 0.2) is 40.9 Å². The van der Waals surface area contributed by atoms with E-state index in [9.17, 15) is 0 Å². The van der Waals surface area contributed by atoms with Gasteiger partial charge in [-0.1, -0.05) is 23.8 Å². The lowest BCUT2D eigenvalue weighted by Crippen LogP contribution is -2.09. The maximum absolute atomic E-state index is 5.46. The quantitative estimate of drug-likeness (QED) is 0.825. The highest BCUT2D eigenvalue weighted by molar-refractivity contribution is 9.10. The average molecular weight is 334 g/mol. The van der Waals surface area contributed by atoms with Gasteiger partial charge in [0.25, 0.3) is 0 Å². The van der Waals surface area contributed by atoms with Crippen molar-refractivity contribution in [2.75, 3.05) is 12.4 Å². The second-order valence-electron chi connectivity index (χ2n) is 5.09. The van der Waals surface area contributed by atoms with Crippen molar-refractivity contribution in [2.45, 2.75) is 26.8 Å². The van der Waals surface area contributed by atoms with Crippen molar-refractivity contribution < 1.29 is 4.74 Å². The molecule has 0 aromatic heterocycles.